The SMILES string of the molecule is O=C(O)c1ccc(CN2CCCCCC2)cc1Cl. The summed E-state index contributed by atoms with van der Waals surface area (Å²) in [6.07, 6.45) is 5.13. The van der Waals surface area contributed by atoms with Gasteiger partial charge in [-0.2, -0.15) is 0 Å². The molecule has 1 aliphatic rings. The summed E-state index contributed by atoms with van der Waals surface area (Å²) in [6, 6.07) is 5.23. The largest absolute Gasteiger partial charge is 0.478 e. The molecule has 3 nitrogen and oxygen atoms in total. The summed E-state index contributed by atoms with van der Waals surface area (Å²) >= 11 is 5.97. The lowest BCUT2D eigenvalue weighted by atomic mass is 10.1. The summed E-state index contributed by atoms with van der Waals surface area (Å²) in [4.78, 5) is 13.3. The smallest absolute Gasteiger partial charge is 0.337 e. The molecule has 18 heavy (non-hydrogen) atoms. The van der Waals surface area contributed by atoms with Crippen LogP contribution in [0.3, 0.4) is 0 Å². The molecule has 1 aromatic carbocycles. The molecular formula is C14H18ClNO2. The second-order valence-corrected chi connectivity index (χ2v) is 5.22. The molecule has 1 aliphatic heterocycles. The number of benzene rings is 1. The second kappa shape index (κ2) is 6.21. The third-order valence-corrected chi connectivity index (χ3v) is 3.68. The van der Waals surface area contributed by atoms with Crippen LogP contribution in [0, 0.1) is 0 Å². The minimum atomic E-state index is -0.971. The maximum atomic E-state index is 10.9. The summed E-state index contributed by atoms with van der Waals surface area (Å²) in [6.45, 7) is 3.11. The molecule has 0 aromatic heterocycles. The molecule has 0 atom stereocenters. The number of aromatic carboxylic acids is 1. The Kier molecular flexibility index (Phi) is 4.61. The van der Waals surface area contributed by atoms with Crippen molar-refractivity contribution >= 4 is 17.6 Å². The highest BCUT2D eigenvalue weighted by Gasteiger charge is 2.12. The normalized spacial score (nSPS) is 17.4. The van der Waals surface area contributed by atoms with Gasteiger partial charge in [-0.3, -0.25) is 4.90 Å². The number of hydrogen-bond donors (Lipinski definition) is 1. The van der Waals surface area contributed by atoms with E-state index < -0.39 is 5.97 Å². The van der Waals surface area contributed by atoms with Crippen molar-refractivity contribution in [3.8, 4) is 0 Å². The minimum absolute atomic E-state index is 0.177. The molecule has 1 aromatic rings. The standard InChI is InChI=1S/C14H18ClNO2/c15-13-9-11(5-6-12(13)14(17)18)10-16-7-3-1-2-4-8-16/h5-6,9H,1-4,7-8,10H2,(H,17,18). The summed E-state index contributed by atoms with van der Waals surface area (Å²) in [5.74, 6) is -0.971. The molecule has 1 fully saturated rings. The molecule has 1 N–H and O–H groups in total. The number of halogens is 1. The lowest BCUT2D eigenvalue weighted by molar-refractivity contribution is 0.0697. The van der Waals surface area contributed by atoms with E-state index in [1.807, 2.05) is 6.07 Å². The molecule has 0 bridgehead atoms. The van der Waals surface area contributed by atoms with Gasteiger partial charge in [0.05, 0.1) is 10.6 Å². The lowest BCUT2D eigenvalue weighted by Crippen LogP contribution is -2.24. The minimum Gasteiger partial charge on any atom is -0.478 e. The van der Waals surface area contributed by atoms with E-state index >= 15 is 0 Å². The number of carboxylic acids is 1. The van der Waals surface area contributed by atoms with Crippen LogP contribution >= 0.6 is 11.6 Å². The molecule has 0 spiro atoms. The quantitative estimate of drug-likeness (QED) is 0.912. The van der Waals surface area contributed by atoms with Gasteiger partial charge in [-0.15, -0.1) is 0 Å². The van der Waals surface area contributed by atoms with Crippen LogP contribution in [0.15, 0.2) is 18.2 Å². The van der Waals surface area contributed by atoms with Gasteiger partial charge >= 0.3 is 5.97 Å². The summed E-state index contributed by atoms with van der Waals surface area (Å²) in [5, 5.41) is 9.25. The second-order valence-electron chi connectivity index (χ2n) is 4.81. The Bertz CT molecular complexity index is 426. The molecular weight excluding hydrogens is 250 g/mol. The Morgan fingerprint density at radius 2 is 1.89 bits per heavy atom. The van der Waals surface area contributed by atoms with Crippen LogP contribution in [0.25, 0.3) is 0 Å². The Morgan fingerprint density at radius 3 is 2.44 bits per heavy atom. The first-order valence-corrected chi connectivity index (χ1v) is 6.78. The zero-order valence-corrected chi connectivity index (χ0v) is 11.1. The number of carboxylic acid groups (broad SMARTS) is 1. The number of rotatable bonds is 3. The highest BCUT2D eigenvalue weighted by atomic mass is 35.5. The molecule has 4 heteroatoms. The van der Waals surface area contributed by atoms with Crippen LogP contribution in [-0.2, 0) is 6.54 Å². The van der Waals surface area contributed by atoms with Crippen molar-refractivity contribution < 1.29 is 9.90 Å². The monoisotopic (exact) mass is 267 g/mol. The van der Waals surface area contributed by atoms with Crippen LogP contribution in [0.5, 0.6) is 0 Å². The van der Waals surface area contributed by atoms with Crippen LogP contribution < -0.4 is 0 Å². The van der Waals surface area contributed by atoms with Gasteiger partial charge in [0.15, 0.2) is 0 Å². The maximum absolute atomic E-state index is 10.9. The highest BCUT2D eigenvalue weighted by Crippen LogP contribution is 2.20. The number of likely N-dealkylation sites (tertiary alicyclic amines) is 1. The van der Waals surface area contributed by atoms with E-state index in [4.69, 9.17) is 16.7 Å². The number of carbonyl (C=O) groups is 1. The van der Waals surface area contributed by atoms with Gasteiger partial charge in [0.1, 0.15) is 0 Å². The van der Waals surface area contributed by atoms with Crippen molar-refractivity contribution in [2.24, 2.45) is 0 Å². The fourth-order valence-electron chi connectivity index (χ4n) is 2.38. The van der Waals surface area contributed by atoms with Crippen LogP contribution in [0.1, 0.15) is 41.6 Å². The van der Waals surface area contributed by atoms with Crippen molar-refractivity contribution in [3.63, 3.8) is 0 Å². The molecule has 0 saturated carbocycles. The molecule has 0 unspecified atom stereocenters. The number of nitrogens with zero attached hydrogens (tertiary/aromatic N) is 1. The third kappa shape index (κ3) is 3.47. The molecule has 1 saturated heterocycles. The first-order valence-electron chi connectivity index (χ1n) is 6.41. The average molecular weight is 268 g/mol. The van der Waals surface area contributed by atoms with Gasteiger partial charge in [0.25, 0.3) is 0 Å². The van der Waals surface area contributed by atoms with E-state index in [0.717, 1.165) is 25.2 Å². The molecule has 0 aliphatic carbocycles. The van der Waals surface area contributed by atoms with Gasteiger partial charge in [0, 0.05) is 6.54 Å². The third-order valence-electron chi connectivity index (χ3n) is 3.37. The van der Waals surface area contributed by atoms with Crippen molar-refractivity contribution in [2.75, 3.05) is 13.1 Å². The van der Waals surface area contributed by atoms with Gasteiger partial charge in [-0.25, -0.2) is 4.79 Å². The Morgan fingerprint density at radius 1 is 1.22 bits per heavy atom. The van der Waals surface area contributed by atoms with E-state index in [0.29, 0.717) is 5.02 Å². The van der Waals surface area contributed by atoms with Crippen molar-refractivity contribution in [3.05, 3.63) is 34.3 Å². The van der Waals surface area contributed by atoms with E-state index in [-0.39, 0.29) is 5.56 Å². The Hall–Kier alpha value is -1.06. The predicted molar refractivity (Wildman–Crippen MR) is 72.2 cm³/mol. The van der Waals surface area contributed by atoms with E-state index in [1.54, 1.807) is 12.1 Å². The first-order chi connectivity index (χ1) is 8.66. The van der Waals surface area contributed by atoms with E-state index in [1.165, 1.54) is 25.7 Å². The maximum Gasteiger partial charge on any atom is 0.337 e. The molecule has 98 valence electrons. The molecule has 2 rings (SSSR count). The predicted octanol–water partition coefficient (Wildman–Crippen LogP) is 3.41. The lowest BCUT2D eigenvalue weighted by Gasteiger charge is -2.20. The zero-order chi connectivity index (χ0) is 13.0. The average Bonchev–Trinajstić information content (AvgIpc) is 2.57. The van der Waals surface area contributed by atoms with Gasteiger partial charge in [-0.05, 0) is 43.6 Å². The van der Waals surface area contributed by atoms with Crippen LogP contribution in [-0.4, -0.2) is 29.1 Å². The van der Waals surface area contributed by atoms with Gasteiger partial charge in [0.2, 0.25) is 0 Å². The fraction of sp³-hybridized carbons (Fsp3) is 0.500. The molecule has 0 radical (unpaired) electrons. The van der Waals surface area contributed by atoms with Crippen molar-refractivity contribution in [1.29, 1.82) is 0 Å². The van der Waals surface area contributed by atoms with Crippen LogP contribution in [0.4, 0.5) is 0 Å². The summed E-state index contributed by atoms with van der Waals surface area (Å²) in [5.41, 5.74) is 1.27. The molecule has 0 amide bonds. The zero-order valence-electron chi connectivity index (χ0n) is 10.4. The first kappa shape index (κ1) is 13.4. The summed E-state index contributed by atoms with van der Waals surface area (Å²) < 4.78 is 0. The van der Waals surface area contributed by atoms with Gasteiger partial charge in [-0.1, -0.05) is 30.5 Å². The fourth-order valence-corrected chi connectivity index (χ4v) is 2.67. The Labute approximate surface area is 112 Å². The number of hydrogen-bond acceptors (Lipinski definition) is 2. The summed E-state index contributed by atoms with van der Waals surface area (Å²) in [7, 11) is 0. The van der Waals surface area contributed by atoms with Gasteiger partial charge < -0.3 is 5.11 Å². The van der Waals surface area contributed by atoms with Crippen molar-refractivity contribution in [2.45, 2.75) is 32.2 Å². The topological polar surface area (TPSA) is 40.5 Å². The van der Waals surface area contributed by atoms with Crippen molar-refractivity contribution in [1.82, 2.24) is 4.90 Å². The highest BCUT2D eigenvalue weighted by molar-refractivity contribution is 6.33. The van der Waals surface area contributed by atoms with E-state index in [9.17, 15) is 4.79 Å². The van der Waals surface area contributed by atoms with E-state index in [2.05, 4.69) is 4.90 Å². The van der Waals surface area contributed by atoms with Crippen LogP contribution in [0.2, 0.25) is 5.02 Å². The molecule has 1 heterocycles. The Balaban J connectivity index is 2.05.